The third-order valence-electron chi connectivity index (χ3n) is 5.15. The van der Waals surface area contributed by atoms with Gasteiger partial charge in [0.25, 0.3) is 5.91 Å². The first kappa shape index (κ1) is 19.5. The molecule has 1 saturated heterocycles. The van der Waals surface area contributed by atoms with Gasteiger partial charge >= 0.3 is 6.03 Å². The molecule has 0 radical (unpaired) electrons. The molecule has 0 spiro atoms. The lowest BCUT2D eigenvalue weighted by Gasteiger charge is -2.13. The standard InChI is InChI=1S/C22H22N4O4/c1-30-16-8-6-15(7-9-16)24-20(27)12-19-21(28)26(22(29)25-19)11-10-14-13-23-18-5-3-2-4-17(14)18/h2-9,13,19,23H,10-12H2,1H3,(H,24,27)(H,25,29). The summed E-state index contributed by atoms with van der Waals surface area (Å²) in [5.74, 6) is -0.0564. The quantitative estimate of drug-likeness (QED) is 0.525. The number of anilines is 1. The summed E-state index contributed by atoms with van der Waals surface area (Å²) in [7, 11) is 1.56. The third kappa shape index (κ3) is 3.98. The number of hydrogen-bond donors (Lipinski definition) is 3. The Morgan fingerprint density at radius 1 is 1.13 bits per heavy atom. The number of rotatable bonds is 7. The highest BCUT2D eigenvalue weighted by Crippen LogP contribution is 2.20. The second kappa shape index (κ2) is 8.28. The van der Waals surface area contributed by atoms with Gasteiger partial charge in [0.1, 0.15) is 11.8 Å². The second-order valence-electron chi connectivity index (χ2n) is 7.08. The van der Waals surface area contributed by atoms with Gasteiger partial charge in [-0.3, -0.25) is 14.5 Å². The number of nitrogens with zero attached hydrogens (tertiary/aromatic N) is 1. The van der Waals surface area contributed by atoms with Gasteiger partial charge < -0.3 is 20.4 Å². The third-order valence-corrected chi connectivity index (χ3v) is 5.15. The maximum Gasteiger partial charge on any atom is 0.324 e. The Hall–Kier alpha value is -3.81. The van der Waals surface area contributed by atoms with Crippen molar-refractivity contribution >= 4 is 34.4 Å². The van der Waals surface area contributed by atoms with E-state index in [1.807, 2.05) is 30.5 Å². The van der Waals surface area contributed by atoms with E-state index in [-0.39, 0.29) is 24.8 Å². The van der Waals surface area contributed by atoms with Crippen LogP contribution >= 0.6 is 0 Å². The lowest BCUT2D eigenvalue weighted by Crippen LogP contribution is -2.34. The van der Waals surface area contributed by atoms with Crippen molar-refractivity contribution in [2.75, 3.05) is 19.0 Å². The number of methoxy groups -OCH3 is 1. The number of aromatic amines is 1. The van der Waals surface area contributed by atoms with E-state index in [0.29, 0.717) is 17.9 Å². The van der Waals surface area contributed by atoms with Crippen LogP contribution in [0.15, 0.2) is 54.7 Å². The molecule has 8 nitrogen and oxygen atoms in total. The molecule has 4 rings (SSSR count). The van der Waals surface area contributed by atoms with Gasteiger partial charge in [-0.15, -0.1) is 0 Å². The van der Waals surface area contributed by atoms with E-state index in [4.69, 9.17) is 4.74 Å². The van der Waals surface area contributed by atoms with E-state index in [9.17, 15) is 14.4 Å². The highest BCUT2D eigenvalue weighted by Gasteiger charge is 2.38. The number of carbonyl (C=O) groups is 3. The Labute approximate surface area is 173 Å². The van der Waals surface area contributed by atoms with Crippen LogP contribution < -0.4 is 15.4 Å². The second-order valence-corrected chi connectivity index (χ2v) is 7.08. The summed E-state index contributed by atoms with van der Waals surface area (Å²) in [5.41, 5.74) is 2.64. The number of urea groups is 1. The predicted molar refractivity (Wildman–Crippen MR) is 112 cm³/mol. The number of fused-ring (bicyclic) bond motifs is 1. The molecule has 1 aromatic heterocycles. The first-order chi connectivity index (χ1) is 14.5. The summed E-state index contributed by atoms with van der Waals surface area (Å²) in [6.07, 6.45) is 2.30. The van der Waals surface area contributed by atoms with Crippen LogP contribution in [0.25, 0.3) is 10.9 Å². The Balaban J connectivity index is 1.34. The molecule has 3 aromatic rings. The number of amides is 4. The van der Waals surface area contributed by atoms with Crippen LogP contribution in [0.3, 0.4) is 0 Å². The molecule has 154 valence electrons. The zero-order chi connectivity index (χ0) is 21.1. The first-order valence-corrected chi connectivity index (χ1v) is 9.66. The minimum absolute atomic E-state index is 0.125. The monoisotopic (exact) mass is 406 g/mol. The molecule has 30 heavy (non-hydrogen) atoms. The van der Waals surface area contributed by atoms with Crippen LogP contribution in [0, 0.1) is 0 Å². The highest BCUT2D eigenvalue weighted by atomic mass is 16.5. The smallest absolute Gasteiger partial charge is 0.324 e. The predicted octanol–water partition coefficient (Wildman–Crippen LogP) is 2.67. The van der Waals surface area contributed by atoms with Crippen molar-refractivity contribution in [1.29, 1.82) is 0 Å². The summed E-state index contributed by atoms with van der Waals surface area (Å²) in [4.78, 5) is 41.6. The number of ether oxygens (including phenoxy) is 1. The normalized spacial score (nSPS) is 16.0. The van der Waals surface area contributed by atoms with Gasteiger partial charge in [0.05, 0.1) is 13.5 Å². The van der Waals surface area contributed by atoms with Crippen molar-refractivity contribution in [2.24, 2.45) is 0 Å². The van der Waals surface area contributed by atoms with Crippen LogP contribution in [-0.4, -0.2) is 47.4 Å². The number of carbonyl (C=O) groups excluding carboxylic acids is 3. The summed E-state index contributed by atoms with van der Waals surface area (Å²) >= 11 is 0. The van der Waals surface area contributed by atoms with Crippen LogP contribution in [0.4, 0.5) is 10.5 Å². The molecule has 1 aliphatic rings. The Bertz CT molecular complexity index is 1090. The lowest BCUT2D eigenvalue weighted by molar-refractivity contribution is -0.129. The van der Waals surface area contributed by atoms with Crippen LogP contribution in [0.1, 0.15) is 12.0 Å². The molecule has 8 heteroatoms. The molecule has 1 aliphatic heterocycles. The number of H-pyrrole nitrogens is 1. The van der Waals surface area contributed by atoms with E-state index >= 15 is 0 Å². The lowest BCUT2D eigenvalue weighted by atomic mass is 10.1. The summed E-state index contributed by atoms with van der Waals surface area (Å²) in [6.45, 7) is 0.253. The number of nitrogens with one attached hydrogen (secondary N) is 3. The minimum atomic E-state index is -0.862. The molecule has 2 heterocycles. The fraction of sp³-hybridized carbons (Fsp3) is 0.227. The minimum Gasteiger partial charge on any atom is -0.497 e. The fourth-order valence-corrected chi connectivity index (χ4v) is 3.57. The summed E-state index contributed by atoms with van der Waals surface area (Å²) < 4.78 is 5.08. The number of imide groups is 1. The molecule has 0 saturated carbocycles. The van der Waals surface area contributed by atoms with Crippen molar-refractivity contribution in [3.05, 3.63) is 60.3 Å². The largest absolute Gasteiger partial charge is 0.497 e. The average molecular weight is 406 g/mol. The molecule has 1 atom stereocenters. The number of para-hydroxylation sites is 1. The van der Waals surface area contributed by atoms with Crippen molar-refractivity contribution in [1.82, 2.24) is 15.2 Å². The molecule has 0 aliphatic carbocycles. The van der Waals surface area contributed by atoms with Gasteiger partial charge in [-0.25, -0.2) is 4.79 Å². The summed E-state index contributed by atoms with van der Waals surface area (Å²) in [6, 6.07) is 13.4. The van der Waals surface area contributed by atoms with Crippen LogP contribution in [0.2, 0.25) is 0 Å². The van der Waals surface area contributed by atoms with E-state index < -0.39 is 12.1 Å². The van der Waals surface area contributed by atoms with Crippen LogP contribution in [-0.2, 0) is 16.0 Å². The fourth-order valence-electron chi connectivity index (χ4n) is 3.57. The Kier molecular flexibility index (Phi) is 5.38. The molecule has 0 bridgehead atoms. The van der Waals surface area contributed by atoms with E-state index in [1.54, 1.807) is 31.4 Å². The van der Waals surface area contributed by atoms with Crippen LogP contribution in [0.5, 0.6) is 5.75 Å². The van der Waals surface area contributed by atoms with Crippen molar-refractivity contribution in [3.8, 4) is 5.75 Å². The van der Waals surface area contributed by atoms with Gasteiger partial charge in [0.2, 0.25) is 5.91 Å². The van der Waals surface area contributed by atoms with Crippen molar-refractivity contribution < 1.29 is 19.1 Å². The topological polar surface area (TPSA) is 104 Å². The number of benzene rings is 2. The van der Waals surface area contributed by atoms with E-state index in [2.05, 4.69) is 15.6 Å². The molecule has 4 amide bonds. The van der Waals surface area contributed by atoms with Gasteiger partial charge in [0, 0.05) is 29.3 Å². The number of aromatic nitrogens is 1. The van der Waals surface area contributed by atoms with Gasteiger partial charge in [-0.1, -0.05) is 18.2 Å². The maximum atomic E-state index is 12.6. The molecule has 3 N–H and O–H groups in total. The zero-order valence-electron chi connectivity index (χ0n) is 16.5. The highest BCUT2D eigenvalue weighted by molar-refractivity contribution is 6.07. The van der Waals surface area contributed by atoms with Gasteiger partial charge in [0.15, 0.2) is 0 Å². The Morgan fingerprint density at radius 2 is 1.90 bits per heavy atom. The van der Waals surface area contributed by atoms with E-state index in [1.165, 1.54) is 4.90 Å². The molecule has 1 fully saturated rings. The average Bonchev–Trinajstić information content (AvgIpc) is 3.28. The molecular weight excluding hydrogens is 384 g/mol. The summed E-state index contributed by atoms with van der Waals surface area (Å²) in [5, 5.41) is 6.40. The molecule has 2 aromatic carbocycles. The van der Waals surface area contributed by atoms with Crippen molar-refractivity contribution in [2.45, 2.75) is 18.9 Å². The Morgan fingerprint density at radius 3 is 2.67 bits per heavy atom. The van der Waals surface area contributed by atoms with Gasteiger partial charge in [-0.05, 0) is 42.3 Å². The van der Waals surface area contributed by atoms with Gasteiger partial charge in [-0.2, -0.15) is 0 Å². The zero-order valence-corrected chi connectivity index (χ0v) is 16.5. The number of hydrogen-bond acceptors (Lipinski definition) is 4. The maximum absolute atomic E-state index is 12.6. The molecule has 1 unspecified atom stereocenters. The van der Waals surface area contributed by atoms with E-state index in [0.717, 1.165) is 16.5 Å². The first-order valence-electron chi connectivity index (χ1n) is 9.66. The molecular formula is C22H22N4O4. The SMILES string of the molecule is COc1ccc(NC(=O)CC2NC(=O)N(CCc3c[nH]c4ccccc34)C2=O)cc1. The van der Waals surface area contributed by atoms with Crippen molar-refractivity contribution in [3.63, 3.8) is 0 Å².